The summed E-state index contributed by atoms with van der Waals surface area (Å²) in [5.74, 6) is -1.58. The number of hydrogen-bond donors (Lipinski definition) is 3. The zero-order valence-electron chi connectivity index (χ0n) is 12.0. The molecular weight excluding hydrogens is 272 g/mol. The van der Waals surface area contributed by atoms with Crippen LogP contribution in [0.25, 0.3) is 0 Å². The van der Waals surface area contributed by atoms with E-state index >= 15 is 0 Å². The molecule has 1 fully saturated rings. The molecule has 0 spiro atoms. The van der Waals surface area contributed by atoms with Crippen molar-refractivity contribution in [2.45, 2.75) is 32.2 Å². The van der Waals surface area contributed by atoms with E-state index in [0.29, 0.717) is 11.3 Å². The number of hydrogen-bond acceptors (Lipinski definition) is 3. The number of carboxylic acids is 1. The van der Waals surface area contributed by atoms with Crippen LogP contribution in [0.4, 0.5) is 5.69 Å². The topological polar surface area (TPSA) is 95.5 Å². The molecule has 1 saturated carbocycles. The van der Waals surface area contributed by atoms with Crippen molar-refractivity contribution in [1.82, 2.24) is 5.32 Å². The number of anilines is 1. The molecule has 0 bridgehead atoms. The number of carbonyl (C=O) groups is 3. The molecule has 0 saturated heterocycles. The van der Waals surface area contributed by atoms with Gasteiger partial charge < -0.3 is 15.7 Å². The Morgan fingerprint density at radius 1 is 1.24 bits per heavy atom. The Kier molecular flexibility index (Phi) is 3.97. The van der Waals surface area contributed by atoms with Gasteiger partial charge in [0, 0.05) is 17.2 Å². The number of aliphatic carboxylic acids is 1. The van der Waals surface area contributed by atoms with E-state index in [1.165, 1.54) is 19.9 Å². The van der Waals surface area contributed by atoms with Gasteiger partial charge in [0.1, 0.15) is 5.54 Å². The molecule has 2 rings (SSSR count). The molecule has 0 aromatic heterocycles. The first-order chi connectivity index (χ1) is 9.79. The van der Waals surface area contributed by atoms with Gasteiger partial charge in [-0.25, -0.2) is 4.79 Å². The lowest BCUT2D eigenvalue weighted by Crippen LogP contribution is -2.49. The van der Waals surface area contributed by atoms with Crippen LogP contribution >= 0.6 is 0 Å². The molecule has 0 aliphatic heterocycles. The van der Waals surface area contributed by atoms with Crippen molar-refractivity contribution >= 4 is 23.5 Å². The van der Waals surface area contributed by atoms with E-state index in [4.69, 9.17) is 5.11 Å². The number of carbonyl (C=O) groups excluding carboxylic acids is 2. The minimum Gasteiger partial charge on any atom is -0.480 e. The predicted octanol–water partition coefficient (Wildman–Crippen LogP) is 1.63. The highest BCUT2D eigenvalue weighted by molar-refractivity contribution is 6.00. The molecule has 1 aromatic rings. The van der Waals surface area contributed by atoms with Crippen LogP contribution in [0.3, 0.4) is 0 Å². The maximum Gasteiger partial charge on any atom is 0.328 e. The molecule has 112 valence electrons. The van der Waals surface area contributed by atoms with Gasteiger partial charge in [0.2, 0.25) is 5.91 Å². The maximum atomic E-state index is 12.1. The largest absolute Gasteiger partial charge is 0.480 e. The Labute approximate surface area is 122 Å². The molecule has 6 nitrogen and oxygen atoms in total. The van der Waals surface area contributed by atoms with Crippen LogP contribution < -0.4 is 10.6 Å². The molecule has 21 heavy (non-hydrogen) atoms. The smallest absolute Gasteiger partial charge is 0.328 e. The van der Waals surface area contributed by atoms with Crippen molar-refractivity contribution in [2.24, 2.45) is 5.92 Å². The zero-order chi connectivity index (χ0) is 15.6. The minimum atomic E-state index is -1.36. The third-order valence-corrected chi connectivity index (χ3v) is 3.30. The molecule has 1 aliphatic rings. The molecule has 0 radical (unpaired) electrons. The average Bonchev–Trinajstić information content (AvgIpc) is 3.22. The van der Waals surface area contributed by atoms with Gasteiger partial charge in [-0.2, -0.15) is 0 Å². The van der Waals surface area contributed by atoms with Crippen molar-refractivity contribution < 1.29 is 19.5 Å². The summed E-state index contributed by atoms with van der Waals surface area (Å²) in [5.41, 5.74) is -0.518. The first-order valence-electron chi connectivity index (χ1n) is 6.76. The van der Waals surface area contributed by atoms with Crippen LogP contribution in [0.5, 0.6) is 0 Å². The predicted molar refractivity (Wildman–Crippen MR) is 77.0 cm³/mol. The van der Waals surface area contributed by atoms with Crippen molar-refractivity contribution in [3.63, 3.8) is 0 Å². The van der Waals surface area contributed by atoms with Crippen LogP contribution in [0.2, 0.25) is 0 Å². The van der Waals surface area contributed by atoms with Crippen molar-refractivity contribution in [1.29, 1.82) is 0 Å². The third-order valence-electron chi connectivity index (χ3n) is 3.30. The summed E-state index contributed by atoms with van der Waals surface area (Å²) in [5, 5.41) is 14.2. The average molecular weight is 290 g/mol. The number of rotatable bonds is 5. The monoisotopic (exact) mass is 290 g/mol. The molecule has 0 heterocycles. The summed E-state index contributed by atoms with van der Waals surface area (Å²) in [4.78, 5) is 34.8. The van der Waals surface area contributed by atoms with Gasteiger partial charge in [-0.1, -0.05) is 6.07 Å². The van der Waals surface area contributed by atoms with E-state index in [2.05, 4.69) is 10.6 Å². The van der Waals surface area contributed by atoms with E-state index in [-0.39, 0.29) is 11.8 Å². The van der Waals surface area contributed by atoms with Gasteiger partial charge in [-0.3, -0.25) is 9.59 Å². The van der Waals surface area contributed by atoms with Crippen LogP contribution in [-0.4, -0.2) is 28.4 Å². The van der Waals surface area contributed by atoms with E-state index in [9.17, 15) is 14.4 Å². The Morgan fingerprint density at radius 2 is 1.90 bits per heavy atom. The summed E-state index contributed by atoms with van der Waals surface area (Å²) in [6, 6.07) is 6.44. The highest BCUT2D eigenvalue weighted by atomic mass is 16.4. The summed E-state index contributed by atoms with van der Waals surface area (Å²) >= 11 is 0. The van der Waals surface area contributed by atoms with Gasteiger partial charge >= 0.3 is 5.97 Å². The number of benzene rings is 1. The minimum absolute atomic E-state index is 0.0431. The van der Waals surface area contributed by atoms with Crippen molar-refractivity contribution in [2.75, 3.05) is 5.32 Å². The van der Waals surface area contributed by atoms with Crippen LogP contribution in [-0.2, 0) is 9.59 Å². The molecule has 6 heteroatoms. The lowest BCUT2D eigenvalue weighted by Gasteiger charge is -2.21. The number of carboxylic acid groups (broad SMARTS) is 1. The molecule has 2 amide bonds. The number of nitrogens with one attached hydrogen (secondary N) is 2. The first kappa shape index (κ1) is 15.0. The molecule has 0 atom stereocenters. The lowest BCUT2D eigenvalue weighted by atomic mass is 10.1. The second-order valence-electron chi connectivity index (χ2n) is 5.73. The summed E-state index contributed by atoms with van der Waals surface area (Å²) in [6.07, 6.45) is 1.80. The Bertz CT molecular complexity index is 591. The summed E-state index contributed by atoms with van der Waals surface area (Å²) < 4.78 is 0. The summed E-state index contributed by atoms with van der Waals surface area (Å²) in [6.45, 7) is 2.82. The Morgan fingerprint density at radius 3 is 2.48 bits per heavy atom. The zero-order valence-corrected chi connectivity index (χ0v) is 12.0. The highest BCUT2D eigenvalue weighted by Crippen LogP contribution is 2.30. The van der Waals surface area contributed by atoms with Crippen LogP contribution in [0, 0.1) is 5.92 Å². The Balaban J connectivity index is 2.07. The number of amides is 2. The Hall–Kier alpha value is -2.37. The first-order valence-corrected chi connectivity index (χ1v) is 6.76. The van der Waals surface area contributed by atoms with E-state index in [1.54, 1.807) is 18.2 Å². The maximum absolute atomic E-state index is 12.1. The fraction of sp³-hybridized carbons (Fsp3) is 0.400. The van der Waals surface area contributed by atoms with Crippen molar-refractivity contribution in [3.05, 3.63) is 29.8 Å². The van der Waals surface area contributed by atoms with Gasteiger partial charge in [-0.15, -0.1) is 0 Å². The molecule has 3 N–H and O–H groups in total. The van der Waals surface area contributed by atoms with E-state index in [1.807, 2.05) is 0 Å². The summed E-state index contributed by atoms with van der Waals surface area (Å²) in [7, 11) is 0. The van der Waals surface area contributed by atoms with E-state index in [0.717, 1.165) is 12.8 Å². The SMILES string of the molecule is CC(C)(NC(=O)c1cccc(NC(=O)C2CC2)c1)C(=O)O. The van der Waals surface area contributed by atoms with Crippen LogP contribution in [0.1, 0.15) is 37.0 Å². The second kappa shape index (κ2) is 5.55. The fourth-order valence-corrected chi connectivity index (χ4v) is 1.74. The quantitative estimate of drug-likeness (QED) is 0.768. The molecule has 1 aliphatic carbocycles. The van der Waals surface area contributed by atoms with Gasteiger partial charge in [-0.05, 0) is 44.9 Å². The molecule has 0 unspecified atom stereocenters. The van der Waals surface area contributed by atoms with Gasteiger partial charge in [0.15, 0.2) is 0 Å². The molecule has 1 aromatic carbocycles. The van der Waals surface area contributed by atoms with Crippen LogP contribution in [0.15, 0.2) is 24.3 Å². The fourth-order valence-electron chi connectivity index (χ4n) is 1.74. The normalized spacial score (nSPS) is 14.4. The lowest BCUT2D eigenvalue weighted by molar-refractivity contribution is -0.143. The highest BCUT2D eigenvalue weighted by Gasteiger charge is 2.30. The van der Waals surface area contributed by atoms with Gasteiger partial charge in [0.25, 0.3) is 5.91 Å². The van der Waals surface area contributed by atoms with E-state index < -0.39 is 17.4 Å². The molecular formula is C15H18N2O4. The van der Waals surface area contributed by atoms with Crippen molar-refractivity contribution in [3.8, 4) is 0 Å². The standard InChI is InChI=1S/C15H18N2O4/c1-15(2,14(20)21)17-13(19)10-4-3-5-11(8-10)16-12(18)9-6-7-9/h3-5,8-9H,6-7H2,1-2H3,(H,16,18)(H,17,19)(H,20,21). The third kappa shape index (κ3) is 3.81. The van der Waals surface area contributed by atoms with Gasteiger partial charge in [0.05, 0.1) is 0 Å². The second-order valence-corrected chi connectivity index (χ2v) is 5.73.